The molecule has 0 saturated carbocycles. The van der Waals surface area contributed by atoms with Crippen LogP contribution in [0.3, 0.4) is 0 Å². The summed E-state index contributed by atoms with van der Waals surface area (Å²) in [7, 11) is 0. The summed E-state index contributed by atoms with van der Waals surface area (Å²) in [6, 6.07) is 16.1. The van der Waals surface area contributed by atoms with Gasteiger partial charge in [0, 0.05) is 5.02 Å². The Bertz CT molecular complexity index is 1340. The van der Waals surface area contributed by atoms with Gasteiger partial charge in [-0.3, -0.25) is 9.36 Å². The minimum atomic E-state index is -0.641. The maximum absolute atomic E-state index is 13.4. The monoisotopic (exact) mass is 452 g/mol. The molecule has 0 bridgehead atoms. The highest BCUT2D eigenvalue weighted by Crippen LogP contribution is 2.31. The van der Waals surface area contributed by atoms with Gasteiger partial charge in [-0.15, -0.1) is 0 Å². The van der Waals surface area contributed by atoms with Crippen LogP contribution in [0.15, 0.2) is 75.7 Å². The lowest BCUT2D eigenvalue weighted by Gasteiger charge is -2.25. The number of hydrogen-bond acceptors (Lipinski definition) is 5. The average Bonchev–Trinajstić information content (AvgIpc) is 3.02. The van der Waals surface area contributed by atoms with Crippen molar-refractivity contribution >= 4 is 35.0 Å². The second-order valence-electron chi connectivity index (χ2n) is 7.50. The number of hydrogen-bond donors (Lipinski definition) is 0. The molecule has 4 rings (SSSR count). The third-order valence-corrected chi connectivity index (χ3v) is 6.10. The molecule has 7 heteroatoms. The van der Waals surface area contributed by atoms with Gasteiger partial charge in [0.1, 0.15) is 0 Å². The average molecular weight is 453 g/mol. The molecule has 5 nitrogen and oxygen atoms in total. The van der Waals surface area contributed by atoms with Crippen molar-refractivity contribution in [1.29, 1.82) is 0 Å². The number of halogens is 1. The first-order valence-corrected chi connectivity index (χ1v) is 11.1. The summed E-state index contributed by atoms with van der Waals surface area (Å²) in [5.41, 5.74) is 2.38. The molecule has 1 atom stereocenters. The number of allylic oxidation sites excluding steroid dienone is 1. The van der Waals surface area contributed by atoms with Crippen molar-refractivity contribution in [2.45, 2.75) is 32.9 Å². The summed E-state index contributed by atoms with van der Waals surface area (Å²) in [4.78, 5) is 31.6. The van der Waals surface area contributed by atoms with Crippen molar-refractivity contribution in [2.75, 3.05) is 0 Å². The molecule has 1 aromatic heterocycles. The number of ether oxygens (including phenoxy) is 1. The van der Waals surface area contributed by atoms with Crippen LogP contribution < -0.4 is 14.9 Å². The summed E-state index contributed by atoms with van der Waals surface area (Å²) >= 11 is 7.38. The molecule has 1 unspecified atom stereocenters. The van der Waals surface area contributed by atoms with Crippen LogP contribution in [0.1, 0.15) is 37.9 Å². The first kappa shape index (κ1) is 21.3. The summed E-state index contributed by atoms with van der Waals surface area (Å²) in [5, 5.41) is 0.576. The minimum absolute atomic E-state index is 0.199. The number of esters is 1. The van der Waals surface area contributed by atoms with Gasteiger partial charge in [-0.1, -0.05) is 65.4 Å². The molecule has 1 aliphatic rings. The Kier molecular flexibility index (Phi) is 5.94. The van der Waals surface area contributed by atoms with Crippen LogP contribution in [0, 0.1) is 0 Å². The van der Waals surface area contributed by atoms with E-state index in [0.717, 1.165) is 11.1 Å². The fraction of sp³-hybridized carbons (Fsp3) is 0.208. The van der Waals surface area contributed by atoms with Crippen LogP contribution in [0.5, 0.6) is 0 Å². The molecule has 158 valence electrons. The van der Waals surface area contributed by atoms with Crippen molar-refractivity contribution in [2.24, 2.45) is 4.99 Å². The normalized spacial score (nSPS) is 16.3. The maximum Gasteiger partial charge on any atom is 0.338 e. The fourth-order valence-corrected chi connectivity index (χ4v) is 4.69. The number of benzene rings is 2. The SMILES string of the molecule is CC1=C(C(=O)OC(C)C)C(c2ccc(Cl)cc2)n2c(s/c(=C\c3ccccc3)c2=O)=N1. The Balaban J connectivity index is 1.95. The quantitative estimate of drug-likeness (QED) is 0.565. The summed E-state index contributed by atoms with van der Waals surface area (Å²) in [6.45, 7) is 5.36. The first-order chi connectivity index (χ1) is 14.8. The molecule has 0 aliphatic carbocycles. The van der Waals surface area contributed by atoms with Gasteiger partial charge in [-0.2, -0.15) is 0 Å². The molecule has 0 amide bonds. The largest absolute Gasteiger partial charge is 0.459 e. The number of carbonyl (C=O) groups is 1. The van der Waals surface area contributed by atoms with Gasteiger partial charge in [0.25, 0.3) is 5.56 Å². The van der Waals surface area contributed by atoms with Crippen LogP contribution in [0.2, 0.25) is 5.02 Å². The lowest BCUT2D eigenvalue weighted by atomic mass is 9.96. The number of rotatable bonds is 4. The zero-order valence-electron chi connectivity index (χ0n) is 17.3. The number of aromatic nitrogens is 1. The Morgan fingerprint density at radius 3 is 2.48 bits per heavy atom. The van der Waals surface area contributed by atoms with Gasteiger partial charge in [0.2, 0.25) is 0 Å². The summed E-state index contributed by atoms with van der Waals surface area (Å²) in [5.74, 6) is -0.478. The highest BCUT2D eigenvalue weighted by Gasteiger charge is 2.33. The van der Waals surface area contributed by atoms with E-state index in [1.165, 1.54) is 11.3 Å². The second kappa shape index (κ2) is 8.65. The van der Waals surface area contributed by atoms with Crippen LogP contribution in [-0.2, 0) is 9.53 Å². The van der Waals surface area contributed by atoms with Gasteiger partial charge in [-0.05, 0) is 50.1 Å². The van der Waals surface area contributed by atoms with Crippen LogP contribution >= 0.6 is 22.9 Å². The van der Waals surface area contributed by atoms with Crippen LogP contribution in [0.25, 0.3) is 6.08 Å². The third kappa shape index (κ3) is 4.27. The second-order valence-corrected chi connectivity index (χ2v) is 8.94. The Morgan fingerprint density at radius 1 is 1.16 bits per heavy atom. The van der Waals surface area contributed by atoms with E-state index in [9.17, 15) is 9.59 Å². The predicted octanol–water partition coefficient (Wildman–Crippen LogP) is 3.84. The molecular formula is C24H21ClN2O3S. The Hall–Kier alpha value is -2.96. The standard InChI is InChI=1S/C24H21ClN2O3S/c1-14(2)30-23(29)20-15(3)26-24-27(21(20)17-9-11-18(25)12-10-17)22(28)19(31-24)13-16-7-5-4-6-8-16/h4-14,21H,1-3H3/b19-13-. The molecular weight excluding hydrogens is 432 g/mol. The van der Waals surface area contributed by atoms with Crippen molar-refractivity contribution < 1.29 is 9.53 Å². The van der Waals surface area contributed by atoms with E-state index in [4.69, 9.17) is 16.3 Å². The molecule has 31 heavy (non-hydrogen) atoms. The zero-order chi connectivity index (χ0) is 22.1. The Morgan fingerprint density at radius 2 is 1.84 bits per heavy atom. The van der Waals surface area contributed by atoms with Gasteiger partial charge in [-0.25, -0.2) is 9.79 Å². The molecule has 2 heterocycles. The molecule has 1 aliphatic heterocycles. The van der Waals surface area contributed by atoms with Crippen molar-refractivity contribution in [3.8, 4) is 0 Å². The van der Waals surface area contributed by atoms with E-state index in [2.05, 4.69) is 4.99 Å². The highest BCUT2D eigenvalue weighted by molar-refractivity contribution is 7.07. The molecule has 0 radical (unpaired) electrons. The van der Waals surface area contributed by atoms with E-state index >= 15 is 0 Å². The summed E-state index contributed by atoms with van der Waals surface area (Å²) < 4.78 is 7.62. The van der Waals surface area contributed by atoms with E-state index in [1.54, 1.807) is 37.5 Å². The maximum atomic E-state index is 13.4. The van der Waals surface area contributed by atoms with Gasteiger partial charge in [0.15, 0.2) is 4.80 Å². The number of fused-ring (bicyclic) bond motifs is 1. The number of nitrogens with zero attached hydrogens (tertiary/aromatic N) is 2. The topological polar surface area (TPSA) is 60.7 Å². The third-order valence-electron chi connectivity index (χ3n) is 4.87. The minimum Gasteiger partial charge on any atom is -0.459 e. The van der Waals surface area contributed by atoms with Crippen molar-refractivity contribution in [1.82, 2.24) is 4.57 Å². The predicted molar refractivity (Wildman–Crippen MR) is 123 cm³/mol. The van der Waals surface area contributed by atoms with Gasteiger partial charge < -0.3 is 4.74 Å². The molecule has 0 saturated heterocycles. The molecule has 0 N–H and O–H groups in total. The fourth-order valence-electron chi connectivity index (χ4n) is 3.52. The van der Waals surface area contributed by atoms with Crippen molar-refractivity contribution in [3.05, 3.63) is 102 Å². The van der Waals surface area contributed by atoms with Gasteiger partial charge in [0.05, 0.1) is 27.9 Å². The smallest absolute Gasteiger partial charge is 0.338 e. The molecule has 0 fully saturated rings. The number of thiazole rings is 1. The molecule has 0 spiro atoms. The van der Waals surface area contributed by atoms with Gasteiger partial charge >= 0.3 is 5.97 Å². The highest BCUT2D eigenvalue weighted by atomic mass is 35.5. The van der Waals surface area contributed by atoms with E-state index in [-0.39, 0.29) is 11.7 Å². The lowest BCUT2D eigenvalue weighted by Crippen LogP contribution is -2.40. The lowest BCUT2D eigenvalue weighted by molar-refractivity contribution is -0.143. The van der Waals surface area contributed by atoms with E-state index < -0.39 is 12.0 Å². The van der Waals surface area contributed by atoms with Crippen LogP contribution in [0.4, 0.5) is 0 Å². The molecule has 3 aromatic rings. The van der Waals surface area contributed by atoms with E-state index in [1.807, 2.05) is 48.5 Å². The van der Waals surface area contributed by atoms with E-state index in [0.29, 0.717) is 25.6 Å². The summed E-state index contributed by atoms with van der Waals surface area (Å²) in [6.07, 6.45) is 1.55. The molecule has 2 aromatic carbocycles. The van der Waals surface area contributed by atoms with Crippen LogP contribution in [-0.4, -0.2) is 16.6 Å². The van der Waals surface area contributed by atoms with Crippen molar-refractivity contribution in [3.63, 3.8) is 0 Å². The first-order valence-electron chi connectivity index (χ1n) is 9.89. The Labute approximate surface area is 188 Å². The number of carbonyl (C=O) groups excluding carboxylic acids is 1. The zero-order valence-corrected chi connectivity index (χ0v) is 18.9.